The van der Waals surface area contributed by atoms with E-state index in [4.69, 9.17) is 0 Å². The minimum Gasteiger partial charge on any atom is -0.381 e. The van der Waals surface area contributed by atoms with Crippen molar-refractivity contribution in [1.29, 1.82) is 0 Å². The third-order valence-corrected chi connectivity index (χ3v) is 5.69. The van der Waals surface area contributed by atoms with Crippen LogP contribution in [0.25, 0.3) is 0 Å². The SMILES string of the molecule is CC(C)NS(=O)(=O)c1ccc(NC2CCSC2)cc1. The Labute approximate surface area is 119 Å². The zero-order valence-corrected chi connectivity index (χ0v) is 12.9. The lowest BCUT2D eigenvalue weighted by atomic mass is 10.2. The maximum absolute atomic E-state index is 12.0. The van der Waals surface area contributed by atoms with Gasteiger partial charge in [-0.25, -0.2) is 13.1 Å². The number of hydrogen-bond acceptors (Lipinski definition) is 4. The zero-order chi connectivity index (χ0) is 13.9. The van der Waals surface area contributed by atoms with Gasteiger partial charge in [-0.05, 0) is 50.3 Å². The molecular formula is C13H20N2O2S2. The number of rotatable bonds is 5. The Morgan fingerprint density at radius 1 is 1.26 bits per heavy atom. The highest BCUT2D eigenvalue weighted by atomic mass is 32.2. The van der Waals surface area contributed by atoms with Crippen LogP contribution in [0.2, 0.25) is 0 Å². The Morgan fingerprint density at radius 2 is 1.95 bits per heavy atom. The molecule has 1 aliphatic rings. The molecule has 106 valence electrons. The number of thioether (sulfide) groups is 1. The summed E-state index contributed by atoms with van der Waals surface area (Å²) >= 11 is 1.95. The molecule has 6 heteroatoms. The van der Waals surface area contributed by atoms with Crippen molar-refractivity contribution in [3.63, 3.8) is 0 Å². The van der Waals surface area contributed by atoms with Crippen molar-refractivity contribution in [3.8, 4) is 0 Å². The fourth-order valence-corrected chi connectivity index (χ4v) is 4.40. The average Bonchev–Trinajstić information content (AvgIpc) is 2.81. The molecule has 1 saturated heterocycles. The summed E-state index contributed by atoms with van der Waals surface area (Å²) in [6.45, 7) is 3.62. The van der Waals surface area contributed by atoms with Crippen molar-refractivity contribution in [1.82, 2.24) is 4.72 Å². The maximum atomic E-state index is 12.0. The second-order valence-corrected chi connectivity index (χ2v) is 7.87. The summed E-state index contributed by atoms with van der Waals surface area (Å²) in [6, 6.07) is 7.36. The van der Waals surface area contributed by atoms with Crippen LogP contribution >= 0.6 is 11.8 Å². The summed E-state index contributed by atoms with van der Waals surface area (Å²) < 4.78 is 26.5. The molecule has 1 aromatic carbocycles. The summed E-state index contributed by atoms with van der Waals surface area (Å²) in [5, 5.41) is 3.42. The quantitative estimate of drug-likeness (QED) is 0.876. The highest BCUT2D eigenvalue weighted by Crippen LogP contribution is 2.22. The van der Waals surface area contributed by atoms with Gasteiger partial charge in [0.25, 0.3) is 0 Å². The molecule has 1 aromatic rings. The molecule has 0 saturated carbocycles. The van der Waals surface area contributed by atoms with Gasteiger partial charge in [0, 0.05) is 23.5 Å². The van der Waals surface area contributed by atoms with E-state index in [1.807, 2.05) is 37.7 Å². The van der Waals surface area contributed by atoms with Crippen molar-refractivity contribution in [2.24, 2.45) is 0 Å². The fraction of sp³-hybridized carbons (Fsp3) is 0.538. The van der Waals surface area contributed by atoms with Crippen LogP contribution in [-0.4, -0.2) is 32.0 Å². The molecule has 4 nitrogen and oxygen atoms in total. The topological polar surface area (TPSA) is 58.2 Å². The summed E-state index contributed by atoms with van der Waals surface area (Å²) in [4.78, 5) is 0.313. The van der Waals surface area contributed by atoms with Crippen molar-refractivity contribution >= 4 is 27.5 Å². The van der Waals surface area contributed by atoms with Crippen molar-refractivity contribution in [2.75, 3.05) is 16.8 Å². The van der Waals surface area contributed by atoms with E-state index in [0.717, 1.165) is 11.4 Å². The van der Waals surface area contributed by atoms with Gasteiger partial charge in [-0.2, -0.15) is 11.8 Å². The van der Waals surface area contributed by atoms with Gasteiger partial charge in [0.05, 0.1) is 4.90 Å². The van der Waals surface area contributed by atoms with Gasteiger partial charge < -0.3 is 5.32 Å². The van der Waals surface area contributed by atoms with Crippen LogP contribution in [0.15, 0.2) is 29.2 Å². The fourth-order valence-electron chi connectivity index (χ4n) is 1.99. The molecule has 0 amide bonds. The lowest BCUT2D eigenvalue weighted by Gasteiger charge is -2.14. The number of nitrogens with one attached hydrogen (secondary N) is 2. The van der Waals surface area contributed by atoms with Gasteiger partial charge in [-0.1, -0.05) is 0 Å². The predicted octanol–water partition coefficient (Wildman–Crippen LogP) is 2.29. The zero-order valence-electron chi connectivity index (χ0n) is 11.2. The Kier molecular flexibility index (Phi) is 4.76. The number of benzene rings is 1. The summed E-state index contributed by atoms with van der Waals surface area (Å²) in [6.07, 6.45) is 1.17. The minimum atomic E-state index is -3.39. The van der Waals surface area contributed by atoms with E-state index in [9.17, 15) is 8.42 Å². The first kappa shape index (κ1) is 14.7. The molecule has 0 aromatic heterocycles. The minimum absolute atomic E-state index is 0.0988. The van der Waals surface area contributed by atoms with Crippen LogP contribution in [0.1, 0.15) is 20.3 Å². The molecule has 1 aliphatic heterocycles. The van der Waals surface area contributed by atoms with E-state index in [0.29, 0.717) is 10.9 Å². The van der Waals surface area contributed by atoms with E-state index in [-0.39, 0.29) is 6.04 Å². The first-order valence-corrected chi connectivity index (χ1v) is 9.08. The normalized spacial score (nSPS) is 19.8. The van der Waals surface area contributed by atoms with Gasteiger partial charge in [0.2, 0.25) is 10.0 Å². The van der Waals surface area contributed by atoms with E-state index in [1.165, 1.54) is 12.2 Å². The number of anilines is 1. The molecule has 19 heavy (non-hydrogen) atoms. The van der Waals surface area contributed by atoms with Crippen LogP contribution < -0.4 is 10.0 Å². The van der Waals surface area contributed by atoms with Crippen molar-refractivity contribution < 1.29 is 8.42 Å². The summed E-state index contributed by atoms with van der Waals surface area (Å²) in [5.74, 6) is 2.32. The van der Waals surface area contributed by atoms with Crippen molar-refractivity contribution in [3.05, 3.63) is 24.3 Å². The van der Waals surface area contributed by atoms with Crippen LogP contribution in [0, 0.1) is 0 Å². The summed E-state index contributed by atoms with van der Waals surface area (Å²) in [5.41, 5.74) is 0.982. The third-order valence-electron chi connectivity index (χ3n) is 2.86. The van der Waals surface area contributed by atoms with Gasteiger partial charge in [0.15, 0.2) is 0 Å². The molecule has 1 fully saturated rings. The molecule has 2 rings (SSSR count). The van der Waals surface area contributed by atoms with E-state index >= 15 is 0 Å². The maximum Gasteiger partial charge on any atom is 0.240 e. The predicted molar refractivity (Wildman–Crippen MR) is 81.3 cm³/mol. The number of sulfonamides is 1. The van der Waals surface area contributed by atoms with Crippen molar-refractivity contribution in [2.45, 2.75) is 37.2 Å². The lowest BCUT2D eigenvalue weighted by molar-refractivity contribution is 0.570. The Balaban J connectivity index is 2.05. The van der Waals surface area contributed by atoms with E-state index in [2.05, 4.69) is 10.0 Å². The van der Waals surface area contributed by atoms with Gasteiger partial charge in [-0.15, -0.1) is 0 Å². The Hall–Kier alpha value is -0.720. The van der Waals surface area contributed by atoms with Gasteiger partial charge >= 0.3 is 0 Å². The van der Waals surface area contributed by atoms with Crippen LogP contribution in [0.4, 0.5) is 5.69 Å². The van der Waals surface area contributed by atoms with E-state index < -0.39 is 10.0 Å². The molecule has 1 atom stereocenters. The molecule has 1 unspecified atom stereocenters. The molecule has 0 aliphatic carbocycles. The van der Waals surface area contributed by atoms with Crippen LogP contribution in [0.3, 0.4) is 0 Å². The third kappa shape index (κ3) is 4.12. The second-order valence-electron chi connectivity index (χ2n) is 5.01. The molecule has 0 radical (unpaired) electrons. The highest BCUT2D eigenvalue weighted by molar-refractivity contribution is 7.99. The van der Waals surface area contributed by atoms with Crippen LogP contribution in [-0.2, 0) is 10.0 Å². The lowest BCUT2D eigenvalue weighted by Crippen LogP contribution is -2.30. The standard InChI is InChI=1S/C13H20N2O2S2/c1-10(2)15-19(16,17)13-5-3-11(4-6-13)14-12-7-8-18-9-12/h3-6,10,12,14-15H,7-9H2,1-2H3. The molecule has 0 spiro atoms. The van der Waals surface area contributed by atoms with Gasteiger partial charge in [-0.3, -0.25) is 0 Å². The largest absolute Gasteiger partial charge is 0.381 e. The second kappa shape index (κ2) is 6.15. The summed E-state index contributed by atoms with van der Waals surface area (Å²) in [7, 11) is -3.39. The van der Waals surface area contributed by atoms with Gasteiger partial charge in [0.1, 0.15) is 0 Å². The molecule has 0 bridgehead atoms. The molecule has 2 N–H and O–H groups in total. The first-order valence-electron chi connectivity index (χ1n) is 6.44. The highest BCUT2D eigenvalue weighted by Gasteiger charge is 2.17. The first-order chi connectivity index (χ1) is 8.97. The molecule has 1 heterocycles. The smallest absolute Gasteiger partial charge is 0.240 e. The monoisotopic (exact) mass is 300 g/mol. The van der Waals surface area contributed by atoms with E-state index in [1.54, 1.807) is 12.1 Å². The Bertz CT molecular complexity index is 506. The van der Waals surface area contributed by atoms with Crippen LogP contribution in [0.5, 0.6) is 0 Å². The molecular weight excluding hydrogens is 280 g/mol. The number of hydrogen-bond donors (Lipinski definition) is 2. The Morgan fingerprint density at radius 3 is 2.47 bits per heavy atom. The average molecular weight is 300 g/mol.